The minimum atomic E-state index is -3.86. The Hall–Kier alpha value is -1.35. The fraction of sp³-hybridized carbons (Fsp3) is 0.462. The van der Waals surface area contributed by atoms with E-state index in [2.05, 4.69) is 10.6 Å². The highest BCUT2D eigenvalue weighted by Crippen LogP contribution is 2.22. The molecule has 0 radical (unpaired) electrons. The van der Waals surface area contributed by atoms with Gasteiger partial charge >= 0.3 is 0 Å². The molecule has 0 saturated carbocycles. The van der Waals surface area contributed by atoms with Gasteiger partial charge in [-0.05, 0) is 37.6 Å². The molecule has 1 fully saturated rings. The first kappa shape index (κ1) is 18.7. The predicted octanol–water partition coefficient (Wildman–Crippen LogP) is 0.246. The van der Waals surface area contributed by atoms with Gasteiger partial charge in [0.15, 0.2) is 0 Å². The summed E-state index contributed by atoms with van der Waals surface area (Å²) in [6.45, 7) is 1.64. The van der Waals surface area contributed by atoms with Gasteiger partial charge in [-0.25, -0.2) is 13.6 Å². The molecule has 1 atom stereocenters. The molecule has 22 heavy (non-hydrogen) atoms. The number of piperidine rings is 1. The van der Waals surface area contributed by atoms with Crippen molar-refractivity contribution in [3.8, 4) is 5.75 Å². The predicted molar refractivity (Wildman–Crippen MR) is 85.0 cm³/mol. The van der Waals surface area contributed by atoms with Crippen LogP contribution in [0.15, 0.2) is 23.1 Å². The number of amides is 1. The van der Waals surface area contributed by atoms with Gasteiger partial charge in [-0.1, -0.05) is 0 Å². The maximum atomic E-state index is 12.3. The lowest BCUT2D eigenvalue weighted by molar-refractivity contribution is 0.0927. The highest BCUT2D eigenvalue weighted by molar-refractivity contribution is 7.89. The van der Waals surface area contributed by atoms with Crippen LogP contribution in [-0.2, 0) is 10.0 Å². The number of nitrogens with one attached hydrogen (secondary N) is 2. The van der Waals surface area contributed by atoms with Crippen molar-refractivity contribution in [2.45, 2.75) is 23.8 Å². The zero-order valence-electron chi connectivity index (χ0n) is 12.2. The van der Waals surface area contributed by atoms with Gasteiger partial charge in [0.05, 0.1) is 17.6 Å². The molecule has 2 rings (SSSR count). The lowest BCUT2D eigenvalue weighted by atomic mass is 10.1. The van der Waals surface area contributed by atoms with Crippen LogP contribution in [0.4, 0.5) is 0 Å². The fourth-order valence-corrected chi connectivity index (χ4v) is 2.82. The van der Waals surface area contributed by atoms with Crippen molar-refractivity contribution in [1.82, 2.24) is 10.6 Å². The van der Waals surface area contributed by atoms with Crippen LogP contribution in [0.25, 0.3) is 0 Å². The molecular weight excluding hydrogens is 330 g/mol. The third kappa shape index (κ3) is 4.57. The van der Waals surface area contributed by atoms with Crippen molar-refractivity contribution in [2.24, 2.45) is 5.14 Å². The van der Waals surface area contributed by atoms with Crippen molar-refractivity contribution >= 4 is 28.3 Å². The molecule has 4 N–H and O–H groups in total. The first-order valence-electron chi connectivity index (χ1n) is 6.64. The van der Waals surface area contributed by atoms with E-state index < -0.39 is 10.0 Å². The summed E-state index contributed by atoms with van der Waals surface area (Å²) in [7, 11) is -2.44. The number of carbonyl (C=O) groups is 1. The van der Waals surface area contributed by atoms with Crippen LogP contribution < -0.4 is 20.5 Å². The monoisotopic (exact) mass is 349 g/mol. The number of rotatable bonds is 4. The Kier molecular flexibility index (Phi) is 6.61. The zero-order valence-corrected chi connectivity index (χ0v) is 13.8. The molecule has 0 spiro atoms. The number of sulfonamides is 1. The summed E-state index contributed by atoms with van der Waals surface area (Å²) in [6.07, 6.45) is 1.87. The molecule has 1 saturated heterocycles. The largest absolute Gasteiger partial charge is 0.496 e. The number of hydrogen-bond acceptors (Lipinski definition) is 5. The SMILES string of the molecule is COc1ccc(S(N)(=O)=O)cc1C(=O)N[C@H]1CCCNC1.Cl. The summed E-state index contributed by atoms with van der Waals surface area (Å²) < 4.78 is 27.9. The maximum absolute atomic E-state index is 12.3. The van der Waals surface area contributed by atoms with Gasteiger partial charge in [0.2, 0.25) is 10.0 Å². The number of ether oxygens (including phenoxy) is 1. The molecule has 0 aromatic heterocycles. The normalized spacial score (nSPS) is 18.2. The molecule has 0 bridgehead atoms. The number of methoxy groups -OCH3 is 1. The number of halogens is 1. The molecule has 1 heterocycles. The fourth-order valence-electron chi connectivity index (χ4n) is 2.28. The van der Waals surface area contributed by atoms with E-state index >= 15 is 0 Å². The highest BCUT2D eigenvalue weighted by Gasteiger charge is 2.21. The van der Waals surface area contributed by atoms with Crippen LogP contribution in [-0.4, -0.2) is 40.6 Å². The van der Waals surface area contributed by atoms with E-state index in [1.165, 1.54) is 25.3 Å². The first-order valence-corrected chi connectivity index (χ1v) is 8.19. The first-order chi connectivity index (χ1) is 9.91. The van der Waals surface area contributed by atoms with Gasteiger partial charge in [0.25, 0.3) is 5.91 Å². The summed E-state index contributed by atoms with van der Waals surface area (Å²) in [5, 5.41) is 11.2. The van der Waals surface area contributed by atoms with Gasteiger partial charge in [-0.2, -0.15) is 0 Å². The Balaban J connectivity index is 0.00000242. The zero-order chi connectivity index (χ0) is 15.5. The summed E-state index contributed by atoms with van der Waals surface area (Å²) in [5.41, 5.74) is 0.162. The molecule has 1 aliphatic heterocycles. The van der Waals surface area contributed by atoms with Crippen molar-refractivity contribution < 1.29 is 17.9 Å². The quantitative estimate of drug-likeness (QED) is 0.721. The van der Waals surface area contributed by atoms with Crippen LogP contribution >= 0.6 is 12.4 Å². The van der Waals surface area contributed by atoms with Gasteiger partial charge in [0.1, 0.15) is 5.75 Å². The Morgan fingerprint density at radius 1 is 1.45 bits per heavy atom. The molecule has 0 aliphatic carbocycles. The molecule has 1 aliphatic rings. The number of nitrogens with two attached hydrogens (primary N) is 1. The Morgan fingerprint density at radius 2 is 2.18 bits per heavy atom. The minimum absolute atomic E-state index is 0. The number of carbonyl (C=O) groups excluding carboxylic acids is 1. The number of primary sulfonamides is 1. The summed E-state index contributed by atoms with van der Waals surface area (Å²) in [4.78, 5) is 12.2. The van der Waals surface area contributed by atoms with E-state index in [0.29, 0.717) is 12.3 Å². The van der Waals surface area contributed by atoms with Crippen molar-refractivity contribution in [2.75, 3.05) is 20.2 Å². The van der Waals surface area contributed by atoms with Crippen LogP contribution in [0.3, 0.4) is 0 Å². The van der Waals surface area contributed by atoms with Gasteiger partial charge in [-0.3, -0.25) is 4.79 Å². The third-order valence-corrected chi connectivity index (χ3v) is 4.29. The van der Waals surface area contributed by atoms with Crippen molar-refractivity contribution in [3.05, 3.63) is 23.8 Å². The number of hydrogen-bond donors (Lipinski definition) is 3. The molecule has 1 aromatic carbocycles. The Morgan fingerprint density at radius 3 is 2.73 bits per heavy atom. The van der Waals surface area contributed by atoms with Crippen LogP contribution in [0.1, 0.15) is 23.2 Å². The molecule has 7 nitrogen and oxygen atoms in total. The smallest absolute Gasteiger partial charge is 0.255 e. The average Bonchev–Trinajstić information content (AvgIpc) is 2.46. The lowest BCUT2D eigenvalue weighted by Crippen LogP contribution is -2.45. The standard InChI is InChI=1S/C13H19N3O4S.ClH/c1-20-12-5-4-10(21(14,18)19)7-11(12)13(17)16-9-3-2-6-15-8-9;/h4-5,7,9,15H,2-3,6,8H2,1H3,(H,16,17)(H2,14,18,19);1H/t9-;/m0./s1. The van der Waals surface area contributed by atoms with E-state index in [1.807, 2.05) is 0 Å². The van der Waals surface area contributed by atoms with Gasteiger partial charge in [0, 0.05) is 12.6 Å². The summed E-state index contributed by atoms with van der Waals surface area (Å²) >= 11 is 0. The number of benzene rings is 1. The van der Waals surface area contributed by atoms with E-state index in [1.54, 1.807) is 0 Å². The second-order valence-corrected chi connectivity index (χ2v) is 6.49. The molecular formula is C13H20ClN3O4S. The summed E-state index contributed by atoms with van der Waals surface area (Å²) in [6, 6.07) is 4.00. The highest BCUT2D eigenvalue weighted by atomic mass is 35.5. The van der Waals surface area contributed by atoms with Gasteiger partial charge < -0.3 is 15.4 Å². The molecule has 0 unspecified atom stereocenters. The van der Waals surface area contributed by atoms with E-state index in [-0.39, 0.29) is 34.8 Å². The lowest BCUT2D eigenvalue weighted by Gasteiger charge is -2.24. The second kappa shape index (κ2) is 7.77. The van der Waals surface area contributed by atoms with E-state index in [9.17, 15) is 13.2 Å². The molecule has 124 valence electrons. The topological polar surface area (TPSA) is 111 Å². The molecule has 1 aromatic rings. The van der Waals surface area contributed by atoms with Crippen LogP contribution in [0.2, 0.25) is 0 Å². The molecule has 9 heteroatoms. The van der Waals surface area contributed by atoms with Crippen LogP contribution in [0.5, 0.6) is 5.75 Å². The maximum Gasteiger partial charge on any atom is 0.255 e. The third-order valence-electron chi connectivity index (χ3n) is 3.38. The summed E-state index contributed by atoms with van der Waals surface area (Å²) in [5.74, 6) is -0.0604. The van der Waals surface area contributed by atoms with Crippen LogP contribution in [0, 0.1) is 0 Å². The minimum Gasteiger partial charge on any atom is -0.496 e. The Bertz CT molecular complexity index is 630. The second-order valence-electron chi connectivity index (χ2n) is 4.92. The Labute approximate surface area is 136 Å². The van der Waals surface area contributed by atoms with E-state index in [4.69, 9.17) is 9.88 Å². The van der Waals surface area contributed by atoms with Gasteiger partial charge in [-0.15, -0.1) is 12.4 Å². The van der Waals surface area contributed by atoms with Crippen molar-refractivity contribution in [3.63, 3.8) is 0 Å². The molecule has 1 amide bonds. The average molecular weight is 350 g/mol. The van der Waals surface area contributed by atoms with Crippen molar-refractivity contribution in [1.29, 1.82) is 0 Å². The van der Waals surface area contributed by atoms with E-state index in [0.717, 1.165) is 19.4 Å².